The van der Waals surface area contributed by atoms with Crippen LogP contribution in [0.5, 0.6) is 0 Å². The third-order valence-electron chi connectivity index (χ3n) is 4.04. The second kappa shape index (κ2) is 6.11. The van der Waals surface area contributed by atoms with Gasteiger partial charge >= 0.3 is 0 Å². The van der Waals surface area contributed by atoms with Gasteiger partial charge in [0, 0.05) is 36.6 Å². The fourth-order valence-electron chi connectivity index (χ4n) is 2.85. The van der Waals surface area contributed by atoms with Crippen molar-refractivity contribution >= 4 is 17.1 Å². The van der Waals surface area contributed by atoms with Gasteiger partial charge in [-0.25, -0.2) is 0 Å². The maximum Gasteiger partial charge on any atom is 0.273 e. The zero-order valence-corrected chi connectivity index (χ0v) is 12.2. The zero-order chi connectivity index (χ0) is 14.6. The van der Waals surface area contributed by atoms with Crippen LogP contribution in [-0.2, 0) is 0 Å². The molecule has 0 atom stereocenters. The molecule has 0 unspecified atom stereocenters. The summed E-state index contributed by atoms with van der Waals surface area (Å²) in [4.78, 5) is 10.6. The summed E-state index contributed by atoms with van der Waals surface area (Å²) in [5, 5.41) is 17.5. The summed E-state index contributed by atoms with van der Waals surface area (Å²) < 4.78 is 0. The standard InChI is InChI=1S/C15H23N3O2/c1-3-16-12-8-13(10-14(9-12)18(19)20)17-11-15(2)6-4-5-7-15/h8-10,16-17H,3-7,11H2,1-2H3. The van der Waals surface area contributed by atoms with E-state index in [0.29, 0.717) is 5.41 Å². The molecule has 0 amide bonds. The summed E-state index contributed by atoms with van der Waals surface area (Å²) in [7, 11) is 0. The molecular formula is C15H23N3O2. The van der Waals surface area contributed by atoms with Crippen molar-refractivity contribution in [2.24, 2.45) is 5.41 Å². The number of hydrogen-bond donors (Lipinski definition) is 2. The van der Waals surface area contributed by atoms with E-state index >= 15 is 0 Å². The summed E-state index contributed by atoms with van der Waals surface area (Å²) in [6.07, 6.45) is 5.04. The van der Waals surface area contributed by atoms with Crippen molar-refractivity contribution in [2.75, 3.05) is 23.7 Å². The molecule has 0 spiro atoms. The van der Waals surface area contributed by atoms with Gasteiger partial charge < -0.3 is 10.6 Å². The van der Waals surface area contributed by atoms with Crippen LogP contribution in [0.3, 0.4) is 0 Å². The van der Waals surface area contributed by atoms with Gasteiger partial charge in [-0.15, -0.1) is 0 Å². The summed E-state index contributed by atoms with van der Waals surface area (Å²) in [6.45, 7) is 5.89. The Morgan fingerprint density at radius 1 is 1.20 bits per heavy atom. The van der Waals surface area contributed by atoms with Crippen LogP contribution in [0, 0.1) is 15.5 Å². The number of nitrogens with zero attached hydrogens (tertiary/aromatic N) is 1. The second-order valence-corrected chi connectivity index (χ2v) is 5.93. The SMILES string of the molecule is CCNc1cc(NCC2(C)CCCC2)cc([N+](=O)[O-])c1. The van der Waals surface area contributed by atoms with Crippen LogP contribution < -0.4 is 10.6 Å². The first-order valence-corrected chi connectivity index (χ1v) is 7.30. The van der Waals surface area contributed by atoms with Gasteiger partial charge in [0.15, 0.2) is 0 Å². The van der Waals surface area contributed by atoms with Crippen LogP contribution >= 0.6 is 0 Å². The number of nitro groups is 1. The topological polar surface area (TPSA) is 67.2 Å². The Morgan fingerprint density at radius 3 is 2.35 bits per heavy atom. The highest BCUT2D eigenvalue weighted by Gasteiger charge is 2.28. The number of nitro benzene ring substituents is 1. The lowest BCUT2D eigenvalue weighted by molar-refractivity contribution is -0.384. The number of benzene rings is 1. The molecule has 20 heavy (non-hydrogen) atoms. The smallest absolute Gasteiger partial charge is 0.273 e. The molecule has 0 saturated heterocycles. The molecule has 1 aromatic rings. The van der Waals surface area contributed by atoms with Crippen molar-refractivity contribution in [3.8, 4) is 0 Å². The molecule has 1 aromatic carbocycles. The van der Waals surface area contributed by atoms with E-state index in [-0.39, 0.29) is 10.6 Å². The first-order valence-electron chi connectivity index (χ1n) is 7.30. The third-order valence-corrected chi connectivity index (χ3v) is 4.04. The minimum Gasteiger partial charge on any atom is -0.385 e. The van der Waals surface area contributed by atoms with E-state index in [0.717, 1.165) is 24.5 Å². The highest BCUT2D eigenvalue weighted by molar-refractivity contribution is 5.63. The van der Waals surface area contributed by atoms with Gasteiger partial charge in [-0.3, -0.25) is 10.1 Å². The number of rotatable bonds is 6. The van der Waals surface area contributed by atoms with Gasteiger partial charge in [-0.05, 0) is 31.2 Å². The molecule has 1 aliphatic rings. The Hall–Kier alpha value is -1.78. The first kappa shape index (κ1) is 14.6. The molecule has 0 aliphatic heterocycles. The normalized spacial score (nSPS) is 16.9. The van der Waals surface area contributed by atoms with E-state index < -0.39 is 0 Å². The molecule has 5 heteroatoms. The van der Waals surface area contributed by atoms with Gasteiger partial charge in [0.05, 0.1) is 4.92 Å². The molecule has 2 N–H and O–H groups in total. The minimum atomic E-state index is -0.344. The van der Waals surface area contributed by atoms with Crippen molar-refractivity contribution in [1.82, 2.24) is 0 Å². The number of anilines is 2. The molecule has 0 bridgehead atoms. The fraction of sp³-hybridized carbons (Fsp3) is 0.600. The van der Waals surface area contributed by atoms with Crippen molar-refractivity contribution in [3.05, 3.63) is 28.3 Å². The van der Waals surface area contributed by atoms with Gasteiger partial charge in [0.1, 0.15) is 0 Å². The molecule has 5 nitrogen and oxygen atoms in total. The number of hydrogen-bond acceptors (Lipinski definition) is 4. The summed E-state index contributed by atoms with van der Waals surface area (Å²) in [5.74, 6) is 0. The molecule has 1 fully saturated rings. The molecule has 0 radical (unpaired) electrons. The van der Waals surface area contributed by atoms with E-state index in [4.69, 9.17) is 0 Å². The van der Waals surface area contributed by atoms with E-state index in [1.54, 1.807) is 12.1 Å². The van der Waals surface area contributed by atoms with Crippen molar-refractivity contribution in [2.45, 2.75) is 39.5 Å². The number of non-ortho nitro benzene ring substituents is 1. The average Bonchev–Trinajstić information content (AvgIpc) is 2.84. The monoisotopic (exact) mass is 277 g/mol. The first-order chi connectivity index (χ1) is 9.52. The van der Waals surface area contributed by atoms with Crippen LogP contribution in [0.15, 0.2) is 18.2 Å². The molecule has 0 aromatic heterocycles. The lowest BCUT2D eigenvalue weighted by Gasteiger charge is -2.24. The van der Waals surface area contributed by atoms with Crippen LogP contribution in [0.2, 0.25) is 0 Å². The highest BCUT2D eigenvalue weighted by atomic mass is 16.6. The predicted octanol–water partition coefficient (Wildman–Crippen LogP) is 4.02. The molecule has 2 rings (SSSR count). The Labute approximate surface area is 119 Å². The molecule has 1 saturated carbocycles. The maximum absolute atomic E-state index is 11.0. The van der Waals surface area contributed by atoms with Crippen LogP contribution in [0.4, 0.5) is 17.1 Å². The lowest BCUT2D eigenvalue weighted by atomic mass is 9.89. The summed E-state index contributed by atoms with van der Waals surface area (Å²) >= 11 is 0. The van der Waals surface area contributed by atoms with Gasteiger partial charge in [0.2, 0.25) is 0 Å². The minimum absolute atomic E-state index is 0.127. The second-order valence-electron chi connectivity index (χ2n) is 5.93. The van der Waals surface area contributed by atoms with Crippen LogP contribution in [0.1, 0.15) is 39.5 Å². The molecule has 1 aliphatic carbocycles. The van der Waals surface area contributed by atoms with Gasteiger partial charge in [0.25, 0.3) is 5.69 Å². The lowest BCUT2D eigenvalue weighted by Crippen LogP contribution is -2.23. The molecule has 110 valence electrons. The fourth-order valence-corrected chi connectivity index (χ4v) is 2.85. The van der Waals surface area contributed by atoms with Crippen molar-refractivity contribution in [3.63, 3.8) is 0 Å². The van der Waals surface area contributed by atoms with Gasteiger partial charge in [-0.1, -0.05) is 19.8 Å². The van der Waals surface area contributed by atoms with E-state index in [9.17, 15) is 10.1 Å². The quantitative estimate of drug-likeness (QED) is 0.608. The van der Waals surface area contributed by atoms with E-state index in [1.807, 2.05) is 13.0 Å². The van der Waals surface area contributed by atoms with E-state index in [1.165, 1.54) is 25.7 Å². The van der Waals surface area contributed by atoms with Crippen molar-refractivity contribution in [1.29, 1.82) is 0 Å². The Balaban J connectivity index is 2.11. The van der Waals surface area contributed by atoms with Crippen LogP contribution in [-0.4, -0.2) is 18.0 Å². The average molecular weight is 277 g/mol. The summed E-state index contributed by atoms with van der Waals surface area (Å²) in [6, 6.07) is 5.12. The highest BCUT2D eigenvalue weighted by Crippen LogP contribution is 2.37. The zero-order valence-electron chi connectivity index (χ0n) is 12.2. The number of nitrogens with one attached hydrogen (secondary N) is 2. The Bertz CT molecular complexity index is 482. The third kappa shape index (κ3) is 3.62. The molecule has 0 heterocycles. The molecular weight excluding hydrogens is 254 g/mol. The maximum atomic E-state index is 11.0. The Morgan fingerprint density at radius 2 is 1.80 bits per heavy atom. The van der Waals surface area contributed by atoms with E-state index in [2.05, 4.69) is 17.6 Å². The Kier molecular flexibility index (Phi) is 4.47. The van der Waals surface area contributed by atoms with Crippen LogP contribution in [0.25, 0.3) is 0 Å². The summed E-state index contributed by atoms with van der Waals surface area (Å²) in [5.41, 5.74) is 2.06. The predicted molar refractivity (Wildman–Crippen MR) is 82.3 cm³/mol. The largest absolute Gasteiger partial charge is 0.385 e. The van der Waals surface area contributed by atoms with Gasteiger partial charge in [-0.2, -0.15) is 0 Å². The van der Waals surface area contributed by atoms with Crippen molar-refractivity contribution < 1.29 is 4.92 Å².